The van der Waals surface area contributed by atoms with Crippen LogP contribution >= 0.6 is 0 Å². The van der Waals surface area contributed by atoms with Gasteiger partial charge in [-0.1, -0.05) is 20.3 Å². The van der Waals surface area contributed by atoms with Gasteiger partial charge < -0.3 is 11.1 Å². The van der Waals surface area contributed by atoms with Gasteiger partial charge in [0.25, 0.3) is 0 Å². The summed E-state index contributed by atoms with van der Waals surface area (Å²) in [6, 6.07) is 0. The zero-order valence-electron chi connectivity index (χ0n) is 7.84. The summed E-state index contributed by atoms with van der Waals surface area (Å²) in [6.45, 7) is 6.06. The van der Waals surface area contributed by atoms with Gasteiger partial charge in [-0.25, -0.2) is 0 Å². The van der Waals surface area contributed by atoms with Crippen molar-refractivity contribution in [3.8, 4) is 0 Å². The third-order valence-electron chi connectivity index (χ3n) is 2.85. The first-order valence-electron chi connectivity index (χ1n) is 4.66. The molecule has 3 atom stereocenters. The Kier molecular flexibility index (Phi) is 3.09. The van der Waals surface area contributed by atoms with E-state index < -0.39 is 0 Å². The van der Waals surface area contributed by atoms with Crippen LogP contribution in [0.4, 0.5) is 0 Å². The highest BCUT2D eigenvalue weighted by molar-refractivity contribution is 5.77. The van der Waals surface area contributed by atoms with E-state index in [9.17, 15) is 4.79 Å². The molecule has 1 fully saturated rings. The smallest absolute Gasteiger partial charge is 0.221 e. The van der Waals surface area contributed by atoms with E-state index in [0.717, 1.165) is 19.5 Å². The fourth-order valence-corrected chi connectivity index (χ4v) is 2.13. The number of rotatable bonds is 2. The normalized spacial score (nSPS) is 36.3. The summed E-state index contributed by atoms with van der Waals surface area (Å²) in [4.78, 5) is 11.1. The van der Waals surface area contributed by atoms with Gasteiger partial charge in [0.15, 0.2) is 0 Å². The Morgan fingerprint density at radius 3 is 2.67 bits per heavy atom. The topological polar surface area (TPSA) is 55.1 Å². The maximum Gasteiger partial charge on any atom is 0.221 e. The number of hydrogen-bond donors (Lipinski definition) is 2. The molecule has 1 rings (SSSR count). The standard InChI is InChI=1S/C9H18N2O/c1-3-7-5-11-4-6(2)8(7)9(10)12/h6-8,11H,3-5H2,1-2H3,(H2,10,12). The average Bonchev–Trinajstić information content (AvgIpc) is 2.03. The lowest BCUT2D eigenvalue weighted by Crippen LogP contribution is -2.47. The van der Waals surface area contributed by atoms with Crippen LogP contribution in [0.2, 0.25) is 0 Å². The van der Waals surface area contributed by atoms with E-state index in [1.165, 1.54) is 0 Å². The molecule has 0 aromatic carbocycles. The molecule has 1 amide bonds. The van der Waals surface area contributed by atoms with Crippen LogP contribution < -0.4 is 11.1 Å². The fraction of sp³-hybridized carbons (Fsp3) is 0.889. The number of primary amides is 1. The fourth-order valence-electron chi connectivity index (χ4n) is 2.13. The molecule has 1 aliphatic rings. The lowest BCUT2D eigenvalue weighted by Gasteiger charge is -2.34. The summed E-state index contributed by atoms with van der Waals surface area (Å²) in [7, 11) is 0. The van der Waals surface area contributed by atoms with Crippen LogP contribution in [0.15, 0.2) is 0 Å². The van der Waals surface area contributed by atoms with Crippen molar-refractivity contribution in [3.05, 3.63) is 0 Å². The lowest BCUT2D eigenvalue weighted by atomic mass is 9.78. The Bertz CT molecular complexity index is 170. The molecule has 3 heteroatoms. The molecule has 12 heavy (non-hydrogen) atoms. The summed E-state index contributed by atoms with van der Waals surface area (Å²) < 4.78 is 0. The summed E-state index contributed by atoms with van der Waals surface area (Å²) in [6.07, 6.45) is 1.03. The number of amides is 1. The van der Waals surface area contributed by atoms with E-state index in [4.69, 9.17) is 5.73 Å². The number of piperidine rings is 1. The molecule has 0 aromatic rings. The van der Waals surface area contributed by atoms with Gasteiger partial charge in [0.05, 0.1) is 0 Å². The van der Waals surface area contributed by atoms with Gasteiger partial charge in [-0.15, -0.1) is 0 Å². The van der Waals surface area contributed by atoms with Gasteiger partial charge >= 0.3 is 0 Å². The third kappa shape index (κ3) is 1.78. The van der Waals surface area contributed by atoms with Gasteiger partial charge in [0, 0.05) is 5.92 Å². The van der Waals surface area contributed by atoms with E-state index >= 15 is 0 Å². The molecule has 0 aromatic heterocycles. The second-order valence-electron chi connectivity index (χ2n) is 3.73. The number of hydrogen-bond acceptors (Lipinski definition) is 2. The first kappa shape index (κ1) is 9.52. The largest absolute Gasteiger partial charge is 0.369 e. The highest BCUT2D eigenvalue weighted by atomic mass is 16.1. The zero-order valence-corrected chi connectivity index (χ0v) is 7.84. The first-order valence-corrected chi connectivity index (χ1v) is 4.66. The average molecular weight is 170 g/mol. The number of carbonyl (C=O) groups is 1. The van der Waals surface area contributed by atoms with Crippen LogP contribution in [0.3, 0.4) is 0 Å². The van der Waals surface area contributed by atoms with Crippen LogP contribution in [0.25, 0.3) is 0 Å². The van der Waals surface area contributed by atoms with Crippen LogP contribution in [0.1, 0.15) is 20.3 Å². The molecule has 3 unspecified atom stereocenters. The maximum atomic E-state index is 11.1. The minimum absolute atomic E-state index is 0.0799. The summed E-state index contributed by atoms with van der Waals surface area (Å²) in [5.41, 5.74) is 5.36. The van der Waals surface area contributed by atoms with Crippen molar-refractivity contribution in [1.82, 2.24) is 5.32 Å². The highest BCUT2D eigenvalue weighted by Gasteiger charge is 2.33. The predicted octanol–water partition coefficient (Wildman–Crippen LogP) is 0.353. The van der Waals surface area contributed by atoms with E-state index in [-0.39, 0.29) is 11.8 Å². The first-order chi connectivity index (χ1) is 5.66. The molecule has 0 spiro atoms. The maximum absolute atomic E-state index is 11.1. The Balaban J connectivity index is 2.66. The second kappa shape index (κ2) is 3.90. The molecule has 1 aliphatic heterocycles. The molecular weight excluding hydrogens is 152 g/mol. The van der Waals surface area contributed by atoms with Crippen molar-refractivity contribution in [1.29, 1.82) is 0 Å². The van der Waals surface area contributed by atoms with E-state index in [2.05, 4.69) is 19.2 Å². The van der Waals surface area contributed by atoms with Gasteiger partial charge in [0.1, 0.15) is 0 Å². The Morgan fingerprint density at radius 2 is 2.25 bits per heavy atom. The van der Waals surface area contributed by atoms with Crippen molar-refractivity contribution in [2.45, 2.75) is 20.3 Å². The number of carbonyl (C=O) groups excluding carboxylic acids is 1. The molecule has 3 N–H and O–H groups in total. The van der Waals surface area contributed by atoms with Gasteiger partial charge in [-0.3, -0.25) is 4.79 Å². The zero-order chi connectivity index (χ0) is 9.14. The summed E-state index contributed by atoms with van der Waals surface area (Å²) in [5, 5.41) is 3.31. The Hall–Kier alpha value is -0.570. The predicted molar refractivity (Wildman–Crippen MR) is 48.5 cm³/mol. The van der Waals surface area contributed by atoms with Gasteiger partial charge in [-0.05, 0) is 24.9 Å². The van der Waals surface area contributed by atoms with Crippen molar-refractivity contribution < 1.29 is 4.79 Å². The lowest BCUT2D eigenvalue weighted by molar-refractivity contribution is -0.126. The van der Waals surface area contributed by atoms with E-state index in [0.29, 0.717) is 11.8 Å². The van der Waals surface area contributed by atoms with E-state index in [1.54, 1.807) is 0 Å². The molecule has 0 bridgehead atoms. The quantitative estimate of drug-likeness (QED) is 0.628. The third-order valence-corrected chi connectivity index (χ3v) is 2.85. The van der Waals surface area contributed by atoms with Crippen molar-refractivity contribution in [2.75, 3.05) is 13.1 Å². The molecule has 0 radical (unpaired) electrons. The SMILES string of the molecule is CCC1CNCC(C)C1C(N)=O. The minimum atomic E-state index is -0.129. The van der Waals surface area contributed by atoms with Crippen LogP contribution in [-0.2, 0) is 4.79 Å². The molecule has 70 valence electrons. The van der Waals surface area contributed by atoms with Crippen molar-refractivity contribution in [3.63, 3.8) is 0 Å². The summed E-state index contributed by atoms with van der Waals surface area (Å²) in [5.74, 6) is 0.777. The monoisotopic (exact) mass is 170 g/mol. The minimum Gasteiger partial charge on any atom is -0.369 e. The number of nitrogens with one attached hydrogen (secondary N) is 1. The summed E-state index contributed by atoms with van der Waals surface area (Å²) >= 11 is 0. The van der Waals surface area contributed by atoms with E-state index in [1.807, 2.05) is 0 Å². The molecule has 3 nitrogen and oxygen atoms in total. The van der Waals surface area contributed by atoms with Crippen molar-refractivity contribution in [2.24, 2.45) is 23.5 Å². The molecule has 1 heterocycles. The second-order valence-corrected chi connectivity index (χ2v) is 3.73. The van der Waals surface area contributed by atoms with Crippen LogP contribution in [0, 0.1) is 17.8 Å². The highest BCUT2D eigenvalue weighted by Crippen LogP contribution is 2.26. The number of nitrogens with two attached hydrogens (primary N) is 1. The van der Waals surface area contributed by atoms with Crippen LogP contribution in [0.5, 0.6) is 0 Å². The molecular formula is C9H18N2O. The van der Waals surface area contributed by atoms with Crippen LogP contribution in [-0.4, -0.2) is 19.0 Å². The Labute approximate surface area is 73.7 Å². The van der Waals surface area contributed by atoms with Crippen molar-refractivity contribution >= 4 is 5.91 Å². The van der Waals surface area contributed by atoms with Gasteiger partial charge in [-0.2, -0.15) is 0 Å². The molecule has 0 saturated carbocycles. The molecule has 1 saturated heterocycles. The Morgan fingerprint density at radius 1 is 1.58 bits per heavy atom. The molecule has 0 aliphatic carbocycles. The van der Waals surface area contributed by atoms with Gasteiger partial charge in [0.2, 0.25) is 5.91 Å².